The molecule has 0 aliphatic carbocycles. The minimum atomic E-state index is -0.132. The van der Waals surface area contributed by atoms with Gasteiger partial charge in [0.2, 0.25) is 12.3 Å². The minimum Gasteiger partial charge on any atom is -0.494 e. The fourth-order valence-electron chi connectivity index (χ4n) is 3.62. The average molecular weight is 375 g/mol. The van der Waals surface area contributed by atoms with E-state index in [4.69, 9.17) is 9.47 Å². The number of carbonyl (C=O) groups is 2. The zero-order chi connectivity index (χ0) is 18.9. The quantitative estimate of drug-likeness (QED) is 0.406. The summed E-state index contributed by atoms with van der Waals surface area (Å²) in [7, 11) is 0. The Hall–Kier alpha value is -2.12. The molecule has 2 amide bonds. The van der Waals surface area contributed by atoms with Gasteiger partial charge in [-0.05, 0) is 69.5 Å². The summed E-state index contributed by atoms with van der Waals surface area (Å²) in [4.78, 5) is 26.2. The Balaban J connectivity index is 1.51. The minimum absolute atomic E-state index is 0.107. The molecule has 0 aromatic heterocycles. The maximum atomic E-state index is 12.7. The Morgan fingerprint density at radius 3 is 2.59 bits per heavy atom. The van der Waals surface area contributed by atoms with Crippen LogP contribution in [0.3, 0.4) is 0 Å². The van der Waals surface area contributed by atoms with Crippen LogP contribution < -0.4 is 15.2 Å². The molecule has 2 heterocycles. The summed E-state index contributed by atoms with van der Waals surface area (Å²) in [5, 5.41) is 1.32. The second-order valence-electron chi connectivity index (χ2n) is 7.05. The second kappa shape index (κ2) is 10.3. The number of hydrogen-bond donors (Lipinski definition) is 1. The molecule has 0 bridgehead atoms. The van der Waals surface area contributed by atoms with Crippen molar-refractivity contribution in [3.63, 3.8) is 0 Å². The van der Waals surface area contributed by atoms with E-state index in [0.29, 0.717) is 44.8 Å². The topological polar surface area (TPSA) is 71.1 Å². The molecule has 2 aliphatic rings. The van der Waals surface area contributed by atoms with E-state index in [1.54, 1.807) is 12.1 Å². The predicted octanol–water partition coefficient (Wildman–Crippen LogP) is 1.97. The van der Waals surface area contributed by atoms with Gasteiger partial charge >= 0.3 is 0 Å². The molecule has 1 aromatic rings. The van der Waals surface area contributed by atoms with Gasteiger partial charge in [-0.3, -0.25) is 15.0 Å². The summed E-state index contributed by atoms with van der Waals surface area (Å²) >= 11 is 0. The summed E-state index contributed by atoms with van der Waals surface area (Å²) in [6.07, 6.45) is 5.49. The smallest absolute Gasteiger partial charge is 0.248 e. The first-order valence-corrected chi connectivity index (χ1v) is 9.84. The van der Waals surface area contributed by atoms with Crippen LogP contribution in [-0.2, 0) is 14.3 Å². The Bertz CT molecular complexity index is 596. The van der Waals surface area contributed by atoms with Crippen molar-refractivity contribution in [1.82, 2.24) is 10.3 Å². The monoisotopic (exact) mass is 375 g/mol. The van der Waals surface area contributed by atoms with Crippen molar-refractivity contribution in [3.05, 3.63) is 24.3 Å². The Labute approximate surface area is 160 Å². The third-order valence-corrected chi connectivity index (χ3v) is 5.15. The number of rotatable bonds is 9. The fourth-order valence-corrected chi connectivity index (χ4v) is 3.62. The van der Waals surface area contributed by atoms with Crippen molar-refractivity contribution in [2.75, 3.05) is 44.5 Å². The third kappa shape index (κ3) is 5.68. The zero-order valence-corrected chi connectivity index (χ0v) is 15.8. The van der Waals surface area contributed by atoms with Crippen LogP contribution in [0.2, 0.25) is 0 Å². The van der Waals surface area contributed by atoms with Crippen molar-refractivity contribution in [1.29, 1.82) is 0 Å². The lowest BCUT2D eigenvalue weighted by molar-refractivity contribution is -0.127. The van der Waals surface area contributed by atoms with E-state index in [-0.39, 0.29) is 11.8 Å². The van der Waals surface area contributed by atoms with Crippen LogP contribution in [0.4, 0.5) is 5.69 Å². The van der Waals surface area contributed by atoms with Gasteiger partial charge in [0.25, 0.3) is 0 Å². The standard InChI is InChI=1S/C20H29N3O4/c24-16-21-23(20(25)17-8-14-26-15-9-17)18-4-6-19(7-5-18)27-13-3-12-22-10-1-2-11-22/h4-7,16-17H,1-3,8-15H2,(H,21,24). The molecule has 7 heteroatoms. The second-order valence-corrected chi connectivity index (χ2v) is 7.05. The Morgan fingerprint density at radius 1 is 1.22 bits per heavy atom. The van der Waals surface area contributed by atoms with Crippen LogP contribution >= 0.6 is 0 Å². The summed E-state index contributed by atoms with van der Waals surface area (Å²) in [5.41, 5.74) is 3.14. The third-order valence-electron chi connectivity index (χ3n) is 5.15. The summed E-state index contributed by atoms with van der Waals surface area (Å²) in [5.74, 6) is 0.530. The first-order chi connectivity index (χ1) is 13.3. The molecule has 7 nitrogen and oxygen atoms in total. The van der Waals surface area contributed by atoms with Crippen LogP contribution in [-0.4, -0.2) is 56.7 Å². The number of hydrogen-bond acceptors (Lipinski definition) is 5. The normalized spacial score (nSPS) is 18.2. The van der Waals surface area contributed by atoms with E-state index < -0.39 is 0 Å². The molecule has 0 spiro atoms. The molecule has 0 saturated carbocycles. The molecule has 27 heavy (non-hydrogen) atoms. The summed E-state index contributed by atoms with van der Waals surface area (Å²) < 4.78 is 11.1. The van der Waals surface area contributed by atoms with E-state index in [0.717, 1.165) is 18.7 Å². The number of nitrogens with zero attached hydrogens (tertiary/aromatic N) is 2. The van der Waals surface area contributed by atoms with Crippen LogP contribution in [0.1, 0.15) is 32.1 Å². The highest BCUT2D eigenvalue weighted by Crippen LogP contribution is 2.23. The van der Waals surface area contributed by atoms with E-state index in [2.05, 4.69) is 10.3 Å². The lowest BCUT2D eigenvalue weighted by Crippen LogP contribution is -2.46. The molecule has 2 fully saturated rings. The molecule has 1 N–H and O–H groups in total. The van der Waals surface area contributed by atoms with E-state index in [1.807, 2.05) is 12.1 Å². The number of likely N-dealkylation sites (tertiary alicyclic amines) is 1. The molecular weight excluding hydrogens is 346 g/mol. The molecule has 3 rings (SSSR count). The Morgan fingerprint density at radius 2 is 1.93 bits per heavy atom. The van der Waals surface area contributed by atoms with Crippen molar-refractivity contribution < 1.29 is 19.1 Å². The van der Waals surface area contributed by atoms with Gasteiger partial charge in [0.05, 0.1) is 12.3 Å². The number of hydrazine groups is 1. The predicted molar refractivity (Wildman–Crippen MR) is 102 cm³/mol. The van der Waals surface area contributed by atoms with Gasteiger partial charge in [-0.25, -0.2) is 5.01 Å². The van der Waals surface area contributed by atoms with E-state index in [1.165, 1.54) is 30.9 Å². The molecule has 0 radical (unpaired) electrons. The molecule has 148 valence electrons. The van der Waals surface area contributed by atoms with Crippen LogP contribution in [0.15, 0.2) is 24.3 Å². The lowest BCUT2D eigenvalue weighted by Gasteiger charge is -2.28. The van der Waals surface area contributed by atoms with Gasteiger partial charge in [0, 0.05) is 25.7 Å². The van der Waals surface area contributed by atoms with Crippen LogP contribution in [0, 0.1) is 5.92 Å². The first-order valence-electron chi connectivity index (χ1n) is 9.84. The number of ether oxygens (including phenoxy) is 2. The van der Waals surface area contributed by atoms with Crippen molar-refractivity contribution in [3.8, 4) is 5.75 Å². The zero-order valence-electron chi connectivity index (χ0n) is 15.8. The largest absolute Gasteiger partial charge is 0.494 e. The summed E-state index contributed by atoms with van der Waals surface area (Å²) in [6.45, 7) is 5.32. The van der Waals surface area contributed by atoms with Gasteiger partial charge in [0.15, 0.2) is 0 Å². The van der Waals surface area contributed by atoms with Gasteiger partial charge < -0.3 is 14.4 Å². The van der Waals surface area contributed by atoms with Crippen LogP contribution in [0.25, 0.3) is 0 Å². The lowest BCUT2D eigenvalue weighted by atomic mass is 9.99. The molecule has 0 atom stereocenters. The average Bonchev–Trinajstić information content (AvgIpc) is 3.24. The van der Waals surface area contributed by atoms with E-state index in [9.17, 15) is 9.59 Å². The van der Waals surface area contributed by atoms with Crippen molar-refractivity contribution in [2.24, 2.45) is 5.92 Å². The van der Waals surface area contributed by atoms with Crippen LogP contribution in [0.5, 0.6) is 5.75 Å². The molecule has 2 aliphatic heterocycles. The van der Waals surface area contributed by atoms with Crippen molar-refractivity contribution in [2.45, 2.75) is 32.1 Å². The highest BCUT2D eigenvalue weighted by atomic mass is 16.5. The van der Waals surface area contributed by atoms with Gasteiger partial charge in [-0.1, -0.05) is 0 Å². The number of benzene rings is 1. The number of amides is 2. The fraction of sp³-hybridized carbons (Fsp3) is 0.600. The maximum absolute atomic E-state index is 12.7. The molecule has 2 saturated heterocycles. The number of nitrogens with one attached hydrogen (secondary N) is 1. The Kier molecular flexibility index (Phi) is 7.47. The molecular formula is C20H29N3O4. The highest BCUT2D eigenvalue weighted by Gasteiger charge is 2.27. The summed E-state index contributed by atoms with van der Waals surface area (Å²) in [6, 6.07) is 7.26. The van der Waals surface area contributed by atoms with E-state index >= 15 is 0 Å². The number of carbonyl (C=O) groups excluding carboxylic acids is 2. The van der Waals surface area contributed by atoms with Crippen molar-refractivity contribution >= 4 is 18.0 Å². The molecule has 1 aromatic carbocycles. The van der Waals surface area contributed by atoms with Gasteiger partial charge in [-0.15, -0.1) is 0 Å². The highest BCUT2D eigenvalue weighted by molar-refractivity contribution is 5.95. The van der Waals surface area contributed by atoms with Gasteiger partial charge in [-0.2, -0.15) is 0 Å². The maximum Gasteiger partial charge on any atom is 0.248 e. The number of anilines is 1. The first kappa shape index (κ1) is 19.6. The SMILES string of the molecule is O=CNN(C(=O)C1CCOCC1)c1ccc(OCCCN2CCCC2)cc1. The van der Waals surface area contributed by atoms with Gasteiger partial charge in [0.1, 0.15) is 5.75 Å². The molecule has 0 unspecified atom stereocenters.